The summed E-state index contributed by atoms with van der Waals surface area (Å²) in [6.07, 6.45) is 2.99. The highest BCUT2D eigenvalue weighted by Gasteiger charge is 2.39. The van der Waals surface area contributed by atoms with Gasteiger partial charge in [-0.3, -0.25) is 14.0 Å². The van der Waals surface area contributed by atoms with Crippen molar-refractivity contribution in [2.75, 3.05) is 13.1 Å². The van der Waals surface area contributed by atoms with Gasteiger partial charge >= 0.3 is 11.7 Å². The van der Waals surface area contributed by atoms with Gasteiger partial charge in [0.05, 0.1) is 12.0 Å². The van der Waals surface area contributed by atoms with E-state index in [1.807, 2.05) is 0 Å². The first kappa shape index (κ1) is 16.2. The molecule has 1 aliphatic rings. The molecule has 128 valence electrons. The van der Waals surface area contributed by atoms with E-state index < -0.39 is 11.4 Å². The number of pyridine rings is 1. The van der Waals surface area contributed by atoms with Gasteiger partial charge in [-0.15, -0.1) is 5.10 Å². The number of aliphatic carboxylic acids is 1. The first-order valence-electron chi connectivity index (χ1n) is 7.96. The topological polar surface area (TPSA) is 96.9 Å². The van der Waals surface area contributed by atoms with Crippen molar-refractivity contribution in [1.82, 2.24) is 19.1 Å². The second-order valence-electron chi connectivity index (χ2n) is 6.47. The van der Waals surface area contributed by atoms with E-state index in [0.29, 0.717) is 25.0 Å². The minimum absolute atomic E-state index is 0.124. The predicted octanol–water partition coefficient (Wildman–Crippen LogP) is 0.599. The third-order valence-electron chi connectivity index (χ3n) is 4.59. The van der Waals surface area contributed by atoms with Crippen LogP contribution < -0.4 is 5.69 Å². The first-order chi connectivity index (χ1) is 11.4. The summed E-state index contributed by atoms with van der Waals surface area (Å²) in [4.78, 5) is 37.5. The van der Waals surface area contributed by atoms with Crippen molar-refractivity contribution in [3.63, 3.8) is 0 Å². The van der Waals surface area contributed by atoms with Crippen LogP contribution >= 0.6 is 0 Å². The van der Waals surface area contributed by atoms with E-state index in [4.69, 9.17) is 0 Å². The van der Waals surface area contributed by atoms with Crippen LogP contribution in [0.15, 0.2) is 29.2 Å². The Morgan fingerprint density at radius 3 is 2.88 bits per heavy atom. The molecule has 1 N–H and O–H groups in total. The van der Waals surface area contributed by atoms with Crippen molar-refractivity contribution >= 4 is 17.5 Å². The van der Waals surface area contributed by atoms with Gasteiger partial charge in [-0.25, -0.2) is 9.48 Å². The molecule has 0 radical (unpaired) electrons. The lowest BCUT2D eigenvalue weighted by Gasteiger charge is -2.37. The fourth-order valence-electron chi connectivity index (χ4n) is 3.10. The van der Waals surface area contributed by atoms with Crippen LogP contribution in [0.4, 0.5) is 0 Å². The summed E-state index contributed by atoms with van der Waals surface area (Å²) < 4.78 is 2.69. The largest absolute Gasteiger partial charge is 0.481 e. The van der Waals surface area contributed by atoms with E-state index in [2.05, 4.69) is 5.10 Å². The molecule has 1 unspecified atom stereocenters. The molecule has 0 bridgehead atoms. The van der Waals surface area contributed by atoms with Crippen LogP contribution in [-0.4, -0.2) is 49.2 Å². The maximum Gasteiger partial charge on any atom is 0.350 e. The number of carbonyl (C=O) groups is 2. The number of likely N-dealkylation sites (tertiary alicyclic amines) is 1. The molecule has 2 aromatic heterocycles. The fraction of sp³-hybridized carbons (Fsp3) is 0.500. The summed E-state index contributed by atoms with van der Waals surface area (Å²) in [7, 11) is 0. The summed E-state index contributed by atoms with van der Waals surface area (Å²) >= 11 is 0. The molecule has 0 aromatic carbocycles. The third kappa shape index (κ3) is 2.91. The van der Waals surface area contributed by atoms with E-state index in [9.17, 15) is 19.5 Å². The molecule has 3 heterocycles. The van der Waals surface area contributed by atoms with Crippen LogP contribution in [0.2, 0.25) is 0 Å². The van der Waals surface area contributed by atoms with E-state index in [-0.39, 0.29) is 31.1 Å². The van der Waals surface area contributed by atoms with E-state index in [0.717, 1.165) is 0 Å². The van der Waals surface area contributed by atoms with Crippen molar-refractivity contribution in [1.29, 1.82) is 0 Å². The summed E-state index contributed by atoms with van der Waals surface area (Å²) in [5.74, 6) is -1.03. The Balaban J connectivity index is 1.67. The average molecular weight is 332 g/mol. The van der Waals surface area contributed by atoms with Crippen LogP contribution in [0.5, 0.6) is 0 Å². The van der Waals surface area contributed by atoms with Crippen molar-refractivity contribution in [3.05, 3.63) is 34.9 Å². The standard InChI is InChI=1S/C16H20N4O4/c1-16(14(22)23)7-4-8-18(11-16)13(21)6-10-20-15(24)19-9-3-2-5-12(19)17-20/h2-3,5,9H,4,6-8,10-11H2,1H3,(H,22,23). The molecule has 8 heteroatoms. The Labute approximate surface area is 138 Å². The monoisotopic (exact) mass is 332 g/mol. The number of fused-ring (bicyclic) bond motifs is 1. The zero-order valence-electron chi connectivity index (χ0n) is 13.5. The number of hydrogen-bond donors (Lipinski definition) is 1. The van der Waals surface area contributed by atoms with Gasteiger partial charge in [-0.2, -0.15) is 0 Å². The Morgan fingerprint density at radius 1 is 1.38 bits per heavy atom. The van der Waals surface area contributed by atoms with Gasteiger partial charge in [0.1, 0.15) is 0 Å². The molecule has 0 spiro atoms. The Hall–Kier alpha value is -2.64. The molecule has 1 fully saturated rings. The molecule has 0 aliphatic carbocycles. The zero-order valence-corrected chi connectivity index (χ0v) is 13.5. The number of carboxylic acids is 1. The van der Waals surface area contributed by atoms with Crippen molar-refractivity contribution in [3.8, 4) is 0 Å². The average Bonchev–Trinajstić information content (AvgIpc) is 2.89. The molecule has 2 aromatic rings. The summed E-state index contributed by atoms with van der Waals surface area (Å²) in [6, 6.07) is 5.26. The van der Waals surface area contributed by atoms with E-state index >= 15 is 0 Å². The Kier molecular flexibility index (Phi) is 4.13. The lowest BCUT2D eigenvalue weighted by Crippen LogP contribution is -2.48. The van der Waals surface area contributed by atoms with Crippen molar-refractivity contribution < 1.29 is 14.7 Å². The predicted molar refractivity (Wildman–Crippen MR) is 85.6 cm³/mol. The Morgan fingerprint density at radius 2 is 2.17 bits per heavy atom. The number of rotatable bonds is 4. The molecular weight excluding hydrogens is 312 g/mol. The van der Waals surface area contributed by atoms with Gasteiger partial charge in [0.25, 0.3) is 0 Å². The fourth-order valence-corrected chi connectivity index (χ4v) is 3.10. The number of amides is 1. The van der Waals surface area contributed by atoms with Crippen LogP contribution in [-0.2, 0) is 16.1 Å². The molecule has 1 atom stereocenters. The maximum absolute atomic E-state index is 12.4. The second kappa shape index (κ2) is 6.10. The van der Waals surface area contributed by atoms with Crippen LogP contribution in [0.1, 0.15) is 26.2 Å². The summed E-state index contributed by atoms with van der Waals surface area (Å²) in [5.41, 5.74) is -0.646. The number of hydrogen-bond acceptors (Lipinski definition) is 4. The molecule has 1 amide bonds. The number of aromatic nitrogens is 3. The molecule has 1 saturated heterocycles. The lowest BCUT2D eigenvalue weighted by molar-refractivity contribution is -0.153. The van der Waals surface area contributed by atoms with Crippen LogP contribution in [0.25, 0.3) is 5.65 Å². The number of nitrogens with zero attached hydrogens (tertiary/aromatic N) is 4. The Bertz CT molecular complexity index is 840. The second-order valence-corrected chi connectivity index (χ2v) is 6.47. The summed E-state index contributed by atoms with van der Waals surface area (Å²) in [5, 5.41) is 13.5. The normalized spacial score (nSPS) is 21.1. The lowest BCUT2D eigenvalue weighted by atomic mass is 9.82. The van der Waals surface area contributed by atoms with Gasteiger partial charge in [0, 0.05) is 25.7 Å². The zero-order chi connectivity index (χ0) is 17.3. The quantitative estimate of drug-likeness (QED) is 0.884. The SMILES string of the molecule is CC1(C(=O)O)CCCN(C(=O)CCn2nc3ccccn3c2=O)C1. The van der Waals surface area contributed by atoms with Crippen LogP contribution in [0, 0.1) is 5.41 Å². The van der Waals surface area contributed by atoms with Gasteiger partial charge in [-0.05, 0) is 31.9 Å². The van der Waals surface area contributed by atoms with Gasteiger partial charge in [0.2, 0.25) is 5.91 Å². The number of carboxylic acid groups (broad SMARTS) is 1. The number of carbonyl (C=O) groups excluding carboxylic acids is 1. The maximum atomic E-state index is 12.4. The number of aryl methyl sites for hydroxylation is 1. The van der Waals surface area contributed by atoms with E-state index in [1.54, 1.807) is 36.2 Å². The minimum Gasteiger partial charge on any atom is -0.481 e. The van der Waals surface area contributed by atoms with Crippen LogP contribution in [0.3, 0.4) is 0 Å². The van der Waals surface area contributed by atoms with Crippen molar-refractivity contribution in [2.24, 2.45) is 5.41 Å². The van der Waals surface area contributed by atoms with Gasteiger partial charge in [0.15, 0.2) is 5.65 Å². The highest BCUT2D eigenvalue weighted by Crippen LogP contribution is 2.29. The number of piperidine rings is 1. The van der Waals surface area contributed by atoms with Gasteiger partial charge in [-0.1, -0.05) is 6.07 Å². The molecule has 8 nitrogen and oxygen atoms in total. The third-order valence-corrected chi connectivity index (χ3v) is 4.59. The molecule has 24 heavy (non-hydrogen) atoms. The van der Waals surface area contributed by atoms with E-state index in [1.165, 1.54) is 9.08 Å². The summed E-state index contributed by atoms with van der Waals surface area (Å²) in [6.45, 7) is 2.62. The molecular formula is C16H20N4O4. The molecule has 3 rings (SSSR count). The minimum atomic E-state index is -0.895. The molecule has 1 aliphatic heterocycles. The van der Waals surface area contributed by atoms with Gasteiger partial charge < -0.3 is 10.0 Å². The molecule has 0 saturated carbocycles. The first-order valence-corrected chi connectivity index (χ1v) is 7.96. The highest BCUT2D eigenvalue weighted by atomic mass is 16.4. The highest BCUT2D eigenvalue weighted by molar-refractivity contribution is 5.79. The smallest absolute Gasteiger partial charge is 0.350 e. The van der Waals surface area contributed by atoms with Crippen molar-refractivity contribution in [2.45, 2.75) is 32.7 Å².